The van der Waals surface area contributed by atoms with Crippen molar-refractivity contribution < 1.29 is 4.79 Å². The van der Waals surface area contributed by atoms with E-state index in [9.17, 15) is 4.79 Å². The molecule has 1 aliphatic heterocycles. The maximum Gasteiger partial charge on any atom is 0.142 e. The molecule has 1 saturated carbocycles. The van der Waals surface area contributed by atoms with Gasteiger partial charge in [-0.3, -0.25) is 14.5 Å². The first-order valence-corrected chi connectivity index (χ1v) is 11.1. The van der Waals surface area contributed by atoms with E-state index < -0.39 is 0 Å². The highest BCUT2D eigenvalue weighted by molar-refractivity contribution is 5.88. The van der Waals surface area contributed by atoms with E-state index in [1.165, 1.54) is 19.4 Å². The van der Waals surface area contributed by atoms with E-state index in [1.807, 2.05) is 30.3 Å². The predicted molar refractivity (Wildman–Crippen MR) is 119 cm³/mol. The van der Waals surface area contributed by atoms with Gasteiger partial charge in [0.25, 0.3) is 0 Å². The first kappa shape index (κ1) is 19.4. The van der Waals surface area contributed by atoms with Crippen LogP contribution in [0.4, 0.5) is 0 Å². The fraction of sp³-hybridized carbons (Fsp3) is 0.480. The van der Waals surface area contributed by atoms with E-state index in [2.05, 4.69) is 46.2 Å². The molecule has 2 aromatic heterocycles. The van der Waals surface area contributed by atoms with E-state index in [1.54, 1.807) is 0 Å². The highest BCUT2D eigenvalue weighted by atomic mass is 16.1. The van der Waals surface area contributed by atoms with Gasteiger partial charge in [0, 0.05) is 55.0 Å². The Bertz CT molecular complexity index is 1070. The lowest BCUT2D eigenvalue weighted by Crippen LogP contribution is -2.39. The molecule has 5 heteroatoms. The maximum absolute atomic E-state index is 12.9. The van der Waals surface area contributed by atoms with Gasteiger partial charge in [-0.05, 0) is 67.3 Å². The maximum atomic E-state index is 12.9. The van der Waals surface area contributed by atoms with Crippen LogP contribution < -0.4 is 0 Å². The Morgan fingerprint density at radius 2 is 1.90 bits per heavy atom. The van der Waals surface area contributed by atoms with Crippen LogP contribution in [0.25, 0.3) is 21.9 Å². The van der Waals surface area contributed by atoms with Crippen molar-refractivity contribution in [2.75, 3.05) is 19.6 Å². The Hall–Kier alpha value is -2.53. The zero-order valence-corrected chi connectivity index (χ0v) is 18.0. The third kappa shape index (κ3) is 4.17. The summed E-state index contributed by atoms with van der Waals surface area (Å²) in [5, 5.41) is 6.49. The van der Waals surface area contributed by atoms with Gasteiger partial charge in [-0.25, -0.2) is 0 Å². The van der Waals surface area contributed by atoms with Crippen molar-refractivity contribution in [1.29, 1.82) is 0 Å². The number of likely N-dealkylation sites (tertiary alicyclic amines) is 1. The molecule has 0 spiro atoms. The number of ketones is 1. The van der Waals surface area contributed by atoms with Gasteiger partial charge < -0.3 is 4.90 Å². The summed E-state index contributed by atoms with van der Waals surface area (Å²) in [5.41, 5.74) is 3.67. The van der Waals surface area contributed by atoms with Gasteiger partial charge in [0.05, 0.1) is 6.20 Å². The molecule has 0 atom stereocenters. The van der Waals surface area contributed by atoms with Crippen molar-refractivity contribution in [2.45, 2.75) is 39.0 Å². The summed E-state index contributed by atoms with van der Waals surface area (Å²) < 4.78 is 1.81. The number of carbonyl (C=O) groups is 1. The van der Waals surface area contributed by atoms with E-state index in [0.29, 0.717) is 17.6 Å². The summed E-state index contributed by atoms with van der Waals surface area (Å²) in [7, 11) is 1.93. The van der Waals surface area contributed by atoms with Gasteiger partial charge in [0.2, 0.25) is 0 Å². The Balaban J connectivity index is 1.25. The van der Waals surface area contributed by atoms with Crippen LogP contribution in [0.15, 0.2) is 42.9 Å². The van der Waals surface area contributed by atoms with Crippen LogP contribution >= 0.6 is 0 Å². The fourth-order valence-corrected chi connectivity index (χ4v) is 4.68. The number of nitrogens with zero attached hydrogens (tertiary/aromatic N) is 4. The van der Waals surface area contributed by atoms with Gasteiger partial charge in [0.15, 0.2) is 0 Å². The number of rotatable bonds is 6. The molecule has 5 rings (SSSR count). The molecule has 1 saturated heterocycles. The SMILES string of the molecule is Cn1cc(-c2ccc3cnc(CC(=O)C4CCN(CC5(C)CC5)CC4)cc3c2)cn1. The van der Waals surface area contributed by atoms with Crippen LogP contribution in [-0.4, -0.2) is 45.1 Å². The monoisotopic (exact) mass is 402 g/mol. The molecule has 0 amide bonds. The molecule has 156 valence electrons. The minimum atomic E-state index is 0.187. The van der Waals surface area contributed by atoms with Crippen LogP contribution in [0.1, 0.15) is 38.3 Å². The van der Waals surface area contributed by atoms with Gasteiger partial charge in [-0.15, -0.1) is 0 Å². The molecule has 0 unspecified atom stereocenters. The number of hydrogen-bond acceptors (Lipinski definition) is 4. The van der Waals surface area contributed by atoms with Crippen LogP contribution in [0.3, 0.4) is 0 Å². The highest BCUT2D eigenvalue weighted by Gasteiger charge is 2.39. The molecule has 1 aromatic carbocycles. The number of Topliss-reactive ketones (excluding diaryl/α,β-unsaturated/α-hetero) is 1. The Kier molecular flexibility index (Phi) is 4.94. The highest BCUT2D eigenvalue weighted by Crippen LogP contribution is 2.45. The van der Waals surface area contributed by atoms with Crippen molar-refractivity contribution in [2.24, 2.45) is 18.4 Å². The standard InChI is InChI=1S/C25H30N4O/c1-25(7-8-25)17-29-9-5-18(6-10-29)24(30)13-23-12-21-11-19(3-4-20(21)14-26-23)22-15-27-28(2)16-22/h3-4,11-12,14-16,18H,5-10,13,17H2,1-2H3. The molecule has 3 heterocycles. The molecule has 5 nitrogen and oxygen atoms in total. The first-order valence-electron chi connectivity index (χ1n) is 11.1. The van der Waals surface area contributed by atoms with Gasteiger partial charge in [-0.1, -0.05) is 19.1 Å². The van der Waals surface area contributed by atoms with Gasteiger partial charge in [0.1, 0.15) is 5.78 Å². The predicted octanol–water partition coefficient (Wildman–Crippen LogP) is 4.26. The van der Waals surface area contributed by atoms with Crippen LogP contribution in [0.5, 0.6) is 0 Å². The van der Waals surface area contributed by atoms with Crippen LogP contribution in [0, 0.1) is 11.3 Å². The number of pyridine rings is 1. The summed E-state index contributed by atoms with van der Waals surface area (Å²) in [5.74, 6) is 0.537. The minimum absolute atomic E-state index is 0.187. The smallest absolute Gasteiger partial charge is 0.142 e. The summed E-state index contributed by atoms with van der Waals surface area (Å²) in [6.07, 6.45) is 10.9. The number of piperidine rings is 1. The van der Waals surface area contributed by atoms with E-state index in [-0.39, 0.29) is 5.92 Å². The van der Waals surface area contributed by atoms with Crippen molar-refractivity contribution in [3.8, 4) is 11.1 Å². The second kappa shape index (κ2) is 7.62. The van der Waals surface area contributed by atoms with E-state index in [0.717, 1.165) is 53.5 Å². The number of aromatic nitrogens is 3. The normalized spacial score (nSPS) is 19.3. The van der Waals surface area contributed by atoms with Crippen LogP contribution in [-0.2, 0) is 18.3 Å². The molecule has 3 aromatic rings. The van der Waals surface area contributed by atoms with Crippen LogP contribution in [0.2, 0.25) is 0 Å². The molecular weight excluding hydrogens is 372 g/mol. The summed E-state index contributed by atoms with van der Waals surface area (Å²) in [6, 6.07) is 8.43. The Morgan fingerprint density at radius 3 is 2.60 bits per heavy atom. The summed E-state index contributed by atoms with van der Waals surface area (Å²) in [4.78, 5) is 20.1. The zero-order valence-electron chi connectivity index (χ0n) is 18.0. The largest absolute Gasteiger partial charge is 0.303 e. The third-order valence-corrected chi connectivity index (χ3v) is 6.92. The minimum Gasteiger partial charge on any atom is -0.303 e. The lowest BCUT2D eigenvalue weighted by atomic mass is 9.89. The Labute approximate surface area is 178 Å². The molecule has 0 bridgehead atoms. The lowest BCUT2D eigenvalue weighted by molar-refractivity contribution is -0.123. The third-order valence-electron chi connectivity index (χ3n) is 6.92. The molecular formula is C25H30N4O. The van der Waals surface area contributed by atoms with Crippen molar-refractivity contribution in [3.05, 3.63) is 48.5 Å². The first-order chi connectivity index (χ1) is 14.5. The fourth-order valence-electron chi connectivity index (χ4n) is 4.68. The molecule has 1 aliphatic carbocycles. The quantitative estimate of drug-likeness (QED) is 0.618. The number of carbonyl (C=O) groups excluding carboxylic acids is 1. The number of fused-ring (bicyclic) bond motifs is 1. The molecule has 0 N–H and O–H groups in total. The number of hydrogen-bond donors (Lipinski definition) is 0. The topological polar surface area (TPSA) is 51.0 Å². The van der Waals surface area contributed by atoms with E-state index >= 15 is 0 Å². The van der Waals surface area contributed by atoms with Crippen molar-refractivity contribution in [3.63, 3.8) is 0 Å². The zero-order chi connectivity index (χ0) is 20.7. The van der Waals surface area contributed by atoms with Gasteiger partial charge in [-0.2, -0.15) is 5.10 Å². The Morgan fingerprint density at radius 1 is 1.10 bits per heavy atom. The molecule has 2 fully saturated rings. The summed E-state index contributed by atoms with van der Waals surface area (Å²) >= 11 is 0. The number of benzene rings is 1. The average molecular weight is 403 g/mol. The van der Waals surface area contributed by atoms with Crippen molar-refractivity contribution in [1.82, 2.24) is 19.7 Å². The molecule has 30 heavy (non-hydrogen) atoms. The average Bonchev–Trinajstić information content (AvgIpc) is 3.30. The molecule has 0 radical (unpaired) electrons. The summed E-state index contributed by atoms with van der Waals surface area (Å²) in [6.45, 7) is 5.71. The van der Waals surface area contributed by atoms with Gasteiger partial charge >= 0.3 is 0 Å². The molecule has 2 aliphatic rings. The lowest BCUT2D eigenvalue weighted by Gasteiger charge is -2.33. The number of aryl methyl sites for hydroxylation is 1. The second-order valence-electron chi connectivity index (χ2n) is 9.64. The second-order valence-corrected chi connectivity index (χ2v) is 9.64. The van der Waals surface area contributed by atoms with E-state index in [4.69, 9.17) is 0 Å². The van der Waals surface area contributed by atoms with Crippen molar-refractivity contribution >= 4 is 16.6 Å².